The topological polar surface area (TPSA) is 124 Å². The molecule has 1 aromatic carbocycles. The molecule has 0 saturated heterocycles. The molecule has 9 heteroatoms. The molecule has 0 aliphatic rings. The van der Waals surface area contributed by atoms with Crippen molar-refractivity contribution < 1.29 is 12.9 Å². The fourth-order valence-corrected chi connectivity index (χ4v) is 4.34. The first kappa shape index (κ1) is 22.6. The highest BCUT2D eigenvalue weighted by Crippen LogP contribution is 2.32. The van der Waals surface area contributed by atoms with Gasteiger partial charge >= 0.3 is 0 Å². The molecule has 0 aliphatic heterocycles. The average Bonchev–Trinajstić information content (AvgIpc) is 3.30. The number of aromatic nitrogens is 3. The number of rotatable bonds is 7. The lowest BCUT2D eigenvalue weighted by molar-refractivity contribution is 0.435. The Kier molecular flexibility index (Phi) is 6.26. The third-order valence-electron chi connectivity index (χ3n) is 5.31. The normalized spacial score (nSPS) is 11.8. The second-order valence-corrected chi connectivity index (χ2v) is 10.4. The maximum absolute atomic E-state index is 12.3. The third kappa shape index (κ3) is 4.64. The van der Waals surface area contributed by atoms with Gasteiger partial charge in [-0.1, -0.05) is 29.4 Å². The first-order valence-corrected chi connectivity index (χ1v) is 12.0. The summed E-state index contributed by atoms with van der Waals surface area (Å²) in [5, 5.41) is 6.78. The van der Waals surface area contributed by atoms with Crippen LogP contribution in [0.2, 0.25) is 0 Å². The molecule has 0 saturated carbocycles. The lowest BCUT2D eigenvalue weighted by Gasteiger charge is -2.09. The Hall–Kier alpha value is -3.56. The molecule has 0 spiro atoms. The van der Waals surface area contributed by atoms with E-state index >= 15 is 0 Å². The van der Waals surface area contributed by atoms with Crippen LogP contribution in [0.1, 0.15) is 19.4 Å². The molecular weight excluding hydrogens is 438 g/mol. The van der Waals surface area contributed by atoms with Gasteiger partial charge in [-0.25, -0.2) is 13.4 Å². The predicted octanol–water partition coefficient (Wildman–Crippen LogP) is 3.95. The van der Waals surface area contributed by atoms with Crippen molar-refractivity contribution in [3.63, 3.8) is 0 Å². The molecule has 3 heterocycles. The van der Waals surface area contributed by atoms with E-state index in [1.54, 1.807) is 32.2 Å². The second kappa shape index (κ2) is 9.13. The third-order valence-corrected chi connectivity index (χ3v) is 7.45. The average molecular weight is 464 g/mol. The summed E-state index contributed by atoms with van der Waals surface area (Å²) in [4.78, 5) is 8.78. The fraction of sp³-hybridized carbons (Fsp3) is 0.208. The van der Waals surface area contributed by atoms with Crippen LogP contribution in [0, 0.1) is 0 Å². The Bertz CT molecular complexity index is 1360. The number of pyridine rings is 2. The van der Waals surface area contributed by atoms with Crippen molar-refractivity contribution in [3.05, 3.63) is 66.5 Å². The Morgan fingerprint density at radius 2 is 1.73 bits per heavy atom. The Morgan fingerprint density at radius 3 is 2.36 bits per heavy atom. The zero-order chi connectivity index (χ0) is 23.6. The highest BCUT2D eigenvalue weighted by Gasteiger charge is 2.20. The van der Waals surface area contributed by atoms with Crippen LogP contribution < -0.4 is 11.1 Å². The summed E-state index contributed by atoms with van der Waals surface area (Å²) in [5.41, 5.74) is 10.7. The molecule has 0 amide bonds. The minimum absolute atomic E-state index is 0.186. The number of nitrogens with zero attached hydrogens (tertiary/aromatic N) is 3. The summed E-state index contributed by atoms with van der Waals surface area (Å²) in [5.74, 6) is 0.778. The smallest absolute Gasteiger partial charge is 0.182 e. The van der Waals surface area contributed by atoms with Crippen LogP contribution in [0.5, 0.6) is 0 Å². The highest BCUT2D eigenvalue weighted by atomic mass is 32.2. The SMILES string of the molecule is CNCc1ccc(-c2cc(-c3cc(-c4ccc(S(=O)(=O)C(C)C)cn4)cnc3N)on2)cc1. The molecule has 3 N–H and O–H groups in total. The monoisotopic (exact) mass is 463 g/mol. The number of sulfone groups is 1. The number of hydrogen-bond acceptors (Lipinski definition) is 8. The highest BCUT2D eigenvalue weighted by molar-refractivity contribution is 7.92. The second-order valence-electron chi connectivity index (χ2n) is 7.93. The molecule has 8 nitrogen and oxygen atoms in total. The number of nitrogen functional groups attached to an aromatic ring is 1. The zero-order valence-corrected chi connectivity index (χ0v) is 19.4. The van der Waals surface area contributed by atoms with Crippen molar-refractivity contribution in [1.82, 2.24) is 20.4 Å². The van der Waals surface area contributed by atoms with Crippen LogP contribution >= 0.6 is 0 Å². The molecule has 170 valence electrons. The van der Waals surface area contributed by atoms with Gasteiger partial charge < -0.3 is 15.6 Å². The molecule has 4 aromatic rings. The van der Waals surface area contributed by atoms with E-state index in [1.165, 1.54) is 11.8 Å². The van der Waals surface area contributed by atoms with E-state index in [9.17, 15) is 8.42 Å². The van der Waals surface area contributed by atoms with Crippen molar-refractivity contribution in [1.29, 1.82) is 0 Å². The van der Waals surface area contributed by atoms with Crippen LogP contribution in [0.3, 0.4) is 0 Å². The van der Waals surface area contributed by atoms with Crippen LogP contribution in [0.4, 0.5) is 5.82 Å². The maximum Gasteiger partial charge on any atom is 0.182 e. The van der Waals surface area contributed by atoms with Gasteiger partial charge in [-0.3, -0.25) is 4.98 Å². The van der Waals surface area contributed by atoms with Gasteiger partial charge in [-0.2, -0.15) is 0 Å². The van der Waals surface area contributed by atoms with Gasteiger partial charge in [0.15, 0.2) is 15.6 Å². The predicted molar refractivity (Wildman–Crippen MR) is 128 cm³/mol. The van der Waals surface area contributed by atoms with Gasteiger partial charge in [0, 0.05) is 36.1 Å². The van der Waals surface area contributed by atoms with Crippen LogP contribution in [-0.2, 0) is 16.4 Å². The van der Waals surface area contributed by atoms with Gasteiger partial charge in [0.2, 0.25) is 0 Å². The first-order valence-electron chi connectivity index (χ1n) is 10.5. The standard InChI is InChI=1S/C24H25N5O3S/c1-15(2)33(30,31)19-8-9-21(27-14-19)18-10-20(24(25)28-13-18)23-11-22(29-32-23)17-6-4-16(5-7-17)12-26-3/h4-11,13-15,26H,12H2,1-3H3,(H2,25,28). The molecule has 0 atom stereocenters. The zero-order valence-electron chi connectivity index (χ0n) is 18.6. The molecule has 0 unspecified atom stereocenters. The van der Waals surface area contributed by atoms with Gasteiger partial charge in [-0.15, -0.1) is 0 Å². The van der Waals surface area contributed by atoms with Crippen molar-refractivity contribution in [2.45, 2.75) is 30.5 Å². The van der Waals surface area contributed by atoms with Crippen molar-refractivity contribution >= 4 is 15.7 Å². The number of nitrogens with two attached hydrogens (primary N) is 1. The summed E-state index contributed by atoms with van der Waals surface area (Å²) in [6.07, 6.45) is 2.96. The van der Waals surface area contributed by atoms with Gasteiger partial charge in [0.1, 0.15) is 11.5 Å². The molecule has 0 fully saturated rings. The minimum atomic E-state index is -3.39. The number of anilines is 1. The summed E-state index contributed by atoms with van der Waals surface area (Å²) in [7, 11) is -1.48. The van der Waals surface area contributed by atoms with Gasteiger partial charge in [-0.05, 0) is 44.7 Å². The molecule has 3 aromatic heterocycles. The lowest BCUT2D eigenvalue weighted by Crippen LogP contribution is -2.14. The van der Waals surface area contributed by atoms with E-state index in [0.29, 0.717) is 34.1 Å². The van der Waals surface area contributed by atoms with Crippen molar-refractivity contribution in [2.24, 2.45) is 0 Å². The van der Waals surface area contributed by atoms with E-state index in [2.05, 4.69) is 20.4 Å². The quantitative estimate of drug-likeness (QED) is 0.422. The summed E-state index contributed by atoms with van der Waals surface area (Å²) >= 11 is 0. The Balaban J connectivity index is 1.63. The van der Waals surface area contributed by atoms with E-state index in [1.807, 2.05) is 43.4 Å². The Morgan fingerprint density at radius 1 is 0.970 bits per heavy atom. The van der Waals surface area contributed by atoms with E-state index < -0.39 is 15.1 Å². The van der Waals surface area contributed by atoms with Crippen LogP contribution in [-0.4, -0.2) is 35.8 Å². The molecule has 4 rings (SSSR count). The summed E-state index contributed by atoms with van der Waals surface area (Å²) in [6, 6.07) is 14.9. The van der Waals surface area contributed by atoms with Crippen LogP contribution in [0.15, 0.2) is 70.3 Å². The largest absolute Gasteiger partial charge is 0.383 e. The maximum atomic E-state index is 12.3. The molecule has 0 radical (unpaired) electrons. The number of hydrogen-bond donors (Lipinski definition) is 2. The molecule has 0 aliphatic carbocycles. The fourth-order valence-electron chi connectivity index (χ4n) is 3.34. The first-order chi connectivity index (χ1) is 15.8. The summed E-state index contributed by atoms with van der Waals surface area (Å²) in [6.45, 7) is 4.07. The summed E-state index contributed by atoms with van der Waals surface area (Å²) < 4.78 is 30.2. The van der Waals surface area contributed by atoms with Crippen molar-refractivity contribution in [3.8, 4) is 33.8 Å². The lowest BCUT2D eigenvalue weighted by atomic mass is 10.1. The van der Waals surface area contributed by atoms with Gasteiger partial charge in [0.05, 0.1) is 21.4 Å². The van der Waals surface area contributed by atoms with Crippen molar-refractivity contribution in [2.75, 3.05) is 12.8 Å². The molecular formula is C24H25N5O3S. The van der Waals surface area contributed by atoms with E-state index in [4.69, 9.17) is 10.3 Å². The Labute approximate surface area is 192 Å². The van der Waals surface area contributed by atoms with E-state index in [-0.39, 0.29) is 4.90 Å². The van der Waals surface area contributed by atoms with Crippen LogP contribution in [0.25, 0.3) is 33.8 Å². The molecule has 33 heavy (non-hydrogen) atoms. The number of benzene rings is 1. The molecule has 0 bridgehead atoms. The van der Waals surface area contributed by atoms with Gasteiger partial charge in [0.25, 0.3) is 0 Å². The minimum Gasteiger partial charge on any atom is -0.383 e. The van der Waals surface area contributed by atoms with E-state index in [0.717, 1.165) is 12.1 Å². The number of nitrogens with one attached hydrogen (secondary N) is 1.